The van der Waals surface area contributed by atoms with Crippen LogP contribution in [0.15, 0.2) is 24.4 Å². The van der Waals surface area contributed by atoms with Crippen LogP contribution in [0.25, 0.3) is 10.9 Å². The summed E-state index contributed by atoms with van der Waals surface area (Å²) in [5, 5.41) is 9.97. The third-order valence-corrected chi connectivity index (χ3v) is 3.36. The second-order valence-electron chi connectivity index (χ2n) is 4.58. The van der Waals surface area contributed by atoms with Crippen LogP contribution in [0, 0.1) is 0 Å². The first-order chi connectivity index (χ1) is 9.08. The Kier molecular flexibility index (Phi) is 3.76. The first kappa shape index (κ1) is 13.4. The fourth-order valence-corrected chi connectivity index (χ4v) is 2.48. The molecular formula is C14H18N2O3. The number of benzene rings is 1. The lowest BCUT2D eigenvalue weighted by Gasteiger charge is -2.11. The van der Waals surface area contributed by atoms with E-state index in [1.807, 2.05) is 36.0 Å². The van der Waals surface area contributed by atoms with Crippen LogP contribution in [-0.4, -0.2) is 29.3 Å². The van der Waals surface area contributed by atoms with E-state index in [0.29, 0.717) is 6.54 Å². The minimum atomic E-state index is -0.838. The number of rotatable bonds is 5. The van der Waals surface area contributed by atoms with Gasteiger partial charge < -0.3 is 20.1 Å². The van der Waals surface area contributed by atoms with Crippen LogP contribution in [0.3, 0.4) is 0 Å². The number of ether oxygens (including phenoxy) is 1. The van der Waals surface area contributed by atoms with Crippen LogP contribution in [0.5, 0.6) is 5.75 Å². The Morgan fingerprint density at radius 1 is 1.53 bits per heavy atom. The minimum Gasteiger partial charge on any atom is -0.495 e. The third-order valence-electron chi connectivity index (χ3n) is 3.36. The molecule has 0 radical (unpaired) electrons. The molecule has 0 bridgehead atoms. The van der Waals surface area contributed by atoms with E-state index in [9.17, 15) is 4.79 Å². The summed E-state index contributed by atoms with van der Waals surface area (Å²) in [4.78, 5) is 10.9. The number of nitrogens with two attached hydrogens (primary N) is 1. The van der Waals surface area contributed by atoms with Crippen molar-refractivity contribution in [3.63, 3.8) is 0 Å². The van der Waals surface area contributed by atoms with Crippen molar-refractivity contribution in [3.8, 4) is 5.75 Å². The maximum atomic E-state index is 10.9. The zero-order chi connectivity index (χ0) is 14.0. The molecule has 0 aliphatic carbocycles. The van der Waals surface area contributed by atoms with Gasteiger partial charge in [0.1, 0.15) is 5.75 Å². The van der Waals surface area contributed by atoms with Gasteiger partial charge in [-0.05, 0) is 18.2 Å². The van der Waals surface area contributed by atoms with Crippen molar-refractivity contribution in [3.05, 3.63) is 30.0 Å². The van der Waals surface area contributed by atoms with Gasteiger partial charge in [0.2, 0.25) is 0 Å². The average molecular weight is 262 g/mol. The van der Waals surface area contributed by atoms with E-state index in [4.69, 9.17) is 15.6 Å². The summed E-state index contributed by atoms with van der Waals surface area (Å²) in [5.41, 5.74) is 7.64. The number of hydrogen-bond acceptors (Lipinski definition) is 3. The minimum absolute atomic E-state index is 0.0345. The number of aromatic nitrogens is 1. The number of hydrogen-bond donors (Lipinski definition) is 2. The number of aliphatic carboxylic acids is 1. The molecule has 0 saturated carbocycles. The highest BCUT2D eigenvalue weighted by atomic mass is 16.5. The molecule has 19 heavy (non-hydrogen) atoms. The maximum absolute atomic E-state index is 10.9. The molecule has 5 nitrogen and oxygen atoms in total. The molecule has 1 atom stereocenters. The van der Waals surface area contributed by atoms with Crippen molar-refractivity contribution < 1.29 is 14.6 Å². The van der Waals surface area contributed by atoms with E-state index in [2.05, 4.69) is 0 Å². The van der Waals surface area contributed by atoms with Gasteiger partial charge in [-0.15, -0.1) is 0 Å². The van der Waals surface area contributed by atoms with E-state index in [-0.39, 0.29) is 12.3 Å². The molecule has 2 aromatic rings. The fraction of sp³-hybridized carbons (Fsp3) is 0.357. The Balaban J connectivity index is 2.58. The Morgan fingerprint density at radius 2 is 2.26 bits per heavy atom. The van der Waals surface area contributed by atoms with Gasteiger partial charge in [-0.3, -0.25) is 4.79 Å². The second-order valence-corrected chi connectivity index (χ2v) is 4.58. The molecule has 2 rings (SSSR count). The first-order valence-corrected chi connectivity index (χ1v) is 6.12. The summed E-state index contributed by atoms with van der Waals surface area (Å²) in [6.07, 6.45) is 1.97. The summed E-state index contributed by atoms with van der Waals surface area (Å²) in [6, 6.07) is 5.76. The smallest absolute Gasteiger partial charge is 0.304 e. The van der Waals surface area contributed by atoms with Crippen LogP contribution in [0.1, 0.15) is 17.9 Å². The molecular weight excluding hydrogens is 244 g/mol. The Labute approximate surface area is 111 Å². The number of carboxylic acids is 1. The van der Waals surface area contributed by atoms with Crippen molar-refractivity contribution in [1.82, 2.24) is 4.57 Å². The molecule has 0 aliphatic heterocycles. The number of fused-ring (bicyclic) bond motifs is 1. The summed E-state index contributed by atoms with van der Waals surface area (Å²) in [6.45, 7) is 0.308. The quantitative estimate of drug-likeness (QED) is 0.859. The second kappa shape index (κ2) is 5.32. The van der Waals surface area contributed by atoms with Crippen LogP contribution in [-0.2, 0) is 11.8 Å². The molecule has 5 heteroatoms. The van der Waals surface area contributed by atoms with Gasteiger partial charge >= 0.3 is 5.97 Å². The molecule has 0 fully saturated rings. The molecule has 1 aromatic carbocycles. The molecule has 3 N–H and O–H groups in total. The van der Waals surface area contributed by atoms with Gasteiger partial charge in [0, 0.05) is 24.5 Å². The van der Waals surface area contributed by atoms with Crippen molar-refractivity contribution in [2.45, 2.75) is 12.3 Å². The van der Waals surface area contributed by atoms with Crippen LogP contribution in [0.2, 0.25) is 0 Å². The highest BCUT2D eigenvalue weighted by Crippen LogP contribution is 2.33. The maximum Gasteiger partial charge on any atom is 0.304 e. The lowest BCUT2D eigenvalue weighted by molar-refractivity contribution is -0.137. The van der Waals surface area contributed by atoms with E-state index in [1.165, 1.54) is 0 Å². The summed E-state index contributed by atoms with van der Waals surface area (Å²) < 4.78 is 7.30. The largest absolute Gasteiger partial charge is 0.495 e. The molecule has 102 valence electrons. The Bertz CT molecular complexity index is 604. The first-order valence-electron chi connectivity index (χ1n) is 6.12. The topological polar surface area (TPSA) is 77.5 Å². The standard InChI is InChI=1S/C14H18N2O3/c1-16-8-11(9(7-15)6-13(17)18)10-4-3-5-12(19-2)14(10)16/h3-5,8-9H,6-7,15H2,1-2H3,(H,17,18). The van der Waals surface area contributed by atoms with Crippen molar-refractivity contribution in [2.24, 2.45) is 12.8 Å². The third kappa shape index (κ3) is 2.42. The number of para-hydroxylation sites is 1. The van der Waals surface area contributed by atoms with Crippen LogP contribution >= 0.6 is 0 Å². The number of carboxylic acid groups (broad SMARTS) is 1. The molecule has 0 saturated heterocycles. The van der Waals surface area contributed by atoms with Gasteiger partial charge in [-0.25, -0.2) is 0 Å². The Hall–Kier alpha value is -2.01. The molecule has 0 spiro atoms. The monoisotopic (exact) mass is 262 g/mol. The van der Waals surface area contributed by atoms with Gasteiger partial charge in [-0.2, -0.15) is 0 Å². The zero-order valence-electron chi connectivity index (χ0n) is 11.1. The van der Waals surface area contributed by atoms with E-state index in [0.717, 1.165) is 22.2 Å². The highest BCUT2D eigenvalue weighted by Gasteiger charge is 2.20. The SMILES string of the molecule is COc1cccc2c(C(CN)CC(=O)O)cn(C)c12. The van der Waals surface area contributed by atoms with Crippen LogP contribution in [0.4, 0.5) is 0 Å². The fourth-order valence-electron chi connectivity index (χ4n) is 2.48. The molecule has 1 heterocycles. The average Bonchev–Trinajstić information content (AvgIpc) is 2.73. The van der Waals surface area contributed by atoms with Gasteiger partial charge in [0.05, 0.1) is 19.0 Å². The zero-order valence-corrected chi connectivity index (χ0v) is 11.1. The number of carbonyl (C=O) groups is 1. The summed E-state index contributed by atoms with van der Waals surface area (Å²) in [7, 11) is 3.54. The molecule has 0 amide bonds. The molecule has 0 aliphatic rings. The number of aryl methyl sites for hydroxylation is 1. The van der Waals surface area contributed by atoms with Crippen LogP contribution < -0.4 is 10.5 Å². The van der Waals surface area contributed by atoms with Gasteiger partial charge in [0.15, 0.2) is 0 Å². The molecule has 1 unspecified atom stereocenters. The van der Waals surface area contributed by atoms with Crippen molar-refractivity contribution >= 4 is 16.9 Å². The number of methoxy groups -OCH3 is 1. The lowest BCUT2D eigenvalue weighted by Crippen LogP contribution is -2.16. The predicted molar refractivity (Wildman–Crippen MR) is 73.5 cm³/mol. The lowest BCUT2D eigenvalue weighted by atomic mass is 9.95. The summed E-state index contributed by atoms with van der Waals surface area (Å²) >= 11 is 0. The van der Waals surface area contributed by atoms with Crippen molar-refractivity contribution in [1.29, 1.82) is 0 Å². The normalized spacial score (nSPS) is 12.6. The van der Waals surface area contributed by atoms with Crippen molar-refractivity contribution in [2.75, 3.05) is 13.7 Å². The van der Waals surface area contributed by atoms with Gasteiger partial charge in [-0.1, -0.05) is 12.1 Å². The number of nitrogens with zero attached hydrogens (tertiary/aromatic N) is 1. The predicted octanol–water partition coefficient (Wildman–Crippen LogP) is 1.70. The molecule has 1 aromatic heterocycles. The summed E-state index contributed by atoms with van der Waals surface area (Å²) in [5.74, 6) is -0.249. The van der Waals surface area contributed by atoms with Gasteiger partial charge in [0.25, 0.3) is 0 Å². The van der Waals surface area contributed by atoms with E-state index in [1.54, 1.807) is 7.11 Å². The highest BCUT2D eigenvalue weighted by molar-refractivity contribution is 5.90. The van der Waals surface area contributed by atoms with E-state index >= 15 is 0 Å². The Morgan fingerprint density at radius 3 is 2.84 bits per heavy atom. The van der Waals surface area contributed by atoms with E-state index < -0.39 is 5.97 Å².